The molecule has 0 aliphatic rings. The maximum Gasteiger partial charge on any atom is 0.227 e. The Morgan fingerprint density at radius 1 is 1.67 bits per heavy atom. The van der Waals surface area contributed by atoms with E-state index >= 15 is 0 Å². The number of nitrogens with zero attached hydrogens (tertiary/aromatic N) is 1. The maximum absolute atomic E-state index is 10.8. The molecule has 4 N–H and O–H groups in total. The first-order valence-electron chi connectivity index (χ1n) is 2.95. The summed E-state index contributed by atoms with van der Waals surface area (Å²) in [7, 11) is 0. The quantitative estimate of drug-likeness (QED) is 0.226. The molecule has 0 aliphatic heterocycles. The minimum atomic E-state index is -0.650. The Hall–Kier alpha value is -1.98. The molecule has 12 heavy (non-hydrogen) atoms. The average Bonchev–Trinajstić information content (AvgIpc) is 2.08. The molecule has 0 spiro atoms. The second-order valence-corrected chi connectivity index (χ2v) is 1.98. The van der Waals surface area contributed by atoms with E-state index < -0.39 is 11.2 Å². The van der Waals surface area contributed by atoms with Gasteiger partial charge in [0.2, 0.25) is 11.3 Å². The number of amidine groups is 1. The minimum absolute atomic E-state index is 0.0969. The van der Waals surface area contributed by atoms with Crippen LogP contribution in [0.1, 0.15) is 5.76 Å². The second-order valence-electron chi connectivity index (χ2n) is 1.98. The summed E-state index contributed by atoms with van der Waals surface area (Å²) in [5, 5.41) is 19.5. The van der Waals surface area contributed by atoms with Crippen LogP contribution in [0.2, 0.25) is 0 Å². The summed E-state index contributed by atoms with van der Waals surface area (Å²) in [5.41, 5.74) is 4.45. The highest BCUT2D eigenvalue weighted by Crippen LogP contribution is 2.02. The zero-order chi connectivity index (χ0) is 9.14. The monoisotopic (exact) mass is 170 g/mol. The van der Waals surface area contributed by atoms with Gasteiger partial charge < -0.3 is 20.5 Å². The van der Waals surface area contributed by atoms with Crippen LogP contribution in [0.15, 0.2) is 26.7 Å². The largest absolute Gasteiger partial charge is 0.502 e. The summed E-state index contributed by atoms with van der Waals surface area (Å²) < 4.78 is 4.63. The van der Waals surface area contributed by atoms with Gasteiger partial charge in [0.25, 0.3) is 0 Å². The molecule has 0 bridgehead atoms. The van der Waals surface area contributed by atoms with Crippen LogP contribution in [0.25, 0.3) is 0 Å². The molecule has 1 aromatic rings. The van der Waals surface area contributed by atoms with Crippen molar-refractivity contribution in [3.05, 3.63) is 28.3 Å². The molecule has 6 nitrogen and oxygen atoms in total. The van der Waals surface area contributed by atoms with Gasteiger partial charge in [-0.25, -0.2) is 0 Å². The van der Waals surface area contributed by atoms with Gasteiger partial charge in [0, 0.05) is 6.07 Å². The Morgan fingerprint density at radius 3 is 2.83 bits per heavy atom. The van der Waals surface area contributed by atoms with Crippen LogP contribution in [0.5, 0.6) is 5.75 Å². The zero-order valence-electron chi connectivity index (χ0n) is 5.89. The summed E-state index contributed by atoms with van der Waals surface area (Å²) in [4.78, 5) is 10.8. The summed E-state index contributed by atoms with van der Waals surface area (Å²) in [6.45, 7) is 0. The van der Waals surface area contributed by atoms with Crippen LogP contribution < -0.4 is 11.2 Å². The van der Waals surface area contributed by atoms with Gasteiger partial charge in [-0.05, 0) is 0 Å². The van der Waals surface area contributed by atoms with Crippen molar-refractivity contribution < 1.29 is 14.7 Å². The second kappa shape index (κ2) is 2.95. The zero-order valence-corrected chi connectivity index (χ0v) is 5.89. The van der Waals surface area contributed by atoms with E-state index in [0.717, 1.165) is 12.3 Å². The molecule has 0 amide bonds. The maximum atomic E-state index is 10.8. The van der Waals surface area contributed by atoms with Gasteiger partial charge in [-0.2, -0.15) is 0 Å². The highest BCUT2D eigenvalue weighted by molar-refractivity contribution is 5.94. The van der Waals surface area contributed by atoms with Gasteiger partial charge in [0.05, 0.1) is 0 Å². The van der Waals surface area contributed by atoms with Gasteiger partial charge in [-0.1, -0.05) is 5.16 Å². The van der Waals surface area contributed by atoms with Crippen LogP contribution in [0.4, 0.5) is 0 Å². The molecule has 1 heterocycles. The lowest BCUT2D eigenvalue weighted by atomic mass is 10.3. The third kappa shape index (κ3) is 1.36. The Kier molecular flexibility index (Phi) is 2.00. The van der Waals surface area contributed by atoms with Crippen LogP contribution >= 0.6 is 0 Å². The van der Waals surface area contributed by atoms with Gasteiger partial charge in [0.15, 0.2) is 11.5 Å². The van der Waals surface area contributed by atoms with Crippen molar-refractivity contribution in [2.45, 2.75) is 0 Å². The Morgan fingerprint density at radius 2 is 2.33 bits per heavy atom. The van der Waals surface area contributed by atoms with Crippen LogP contribution in [0.3, 0.4) is 0 Å². The molecular weight excluding hydrogens is 164 g/mol. The molecule has 6 heteroatoms. The first kappa shape index (κ1) is 8.12. The predicted octanol–water partition coefficient (Wildman–Crippen LogP) is -0.560. The molecule has 1 rings (SSSR count). The Labute approximate surface area is 66.5 Å². The smallest absolute Gasteiger partial charge is 0.227 e. The predicted molar refractivity (Wildman–Crippen MR) is 39.2 cm³/mol. The van der Waals surface area contributed by atoms with E-state index in [-0.39, 0.29) is 11.6 Å². The van der Waals surface area contributed by atoms with Gasteiger partial charge in [-0.15, -0.1) is 0 Å². The Bertz CT molecular complexity index is 368. The van der Waals surface area contributed by atoms with Crippen molar-refractivity contribution in [3.8, 4) is 5.75 Å². The van der Waals surface area contributed by atoms with E-state index in [1.165, 1.54) is 0 Å². The molecule has 0 saturated carbocycles. The lowest BCUT2D eigenvalue weighted by Crippen LogP contribution is -2.15. The van der Waals surface area contributed by atoms with Crippen molar-refractivity contribution in [2.24, 2.45) is 10.9 Å². The number of aromatic hydroxyl groups is 1. The number of nitrogens with two attached hydrogens (primary N) is 1. The van der Waals surface area contributed by atoms with E-state index in [1.807, 2.05) is 0 Å². The molecule has 64 valence electrons. The van der Waals surface area contributed by atoms with Gasteiger partial charge in [-0.3, -0.25) is 4.79 Å². The molecule has 0 atom stereocenters. The minimum Gasteiger partial charge on any atom is -0.502 e. The average molecular weight is 170 g/mol. The third-order valence-corrected chi connectivity index (χ3v) is 1.17. The summed E-state index contributed by atoms with van der Waals surface area (Å²) in [5.74, 6) is -0.947. The third-order valence-electron chi connectivity index (χ3n) is 1.17. The fourth-order valence-electron chi connectivity index (χ4n) is 0.588. The molecule has 0 saturated heterocycles. The highest BCUT2D eigenvalue weighted by atomic mass is 16.4. The molecular formula is C6H6N2O4. The van der Waals surface area contributed by atoms with E-state index in [2.05, 4.69) is 9.57 Å². The normalized spacial score (nSPS) is 11.5. The van der Waals surface area contributed by atoms with Gasteiger partial charge in [0.1, 0.15) is 6.26 Å². The first-order valence-corrected chi connectivity index (χ1v) is 2.95. The van der Waals surface area contributed by atoms with E-state index in [9.17, 15) is 4.79 Å². The van der Waals surface area contributed by atoms with Gasteiger partial charge >= 0.3 is 0 Å². The van der Waals surface area contributed by atoms with E-state index in [1.54, 1.807) is 0 Å². The van der Waals surface area contributed by atoms with E-state index in [0.29, 0.717) is 0 Å². The van der Waals surface area contributed by atoms with Crippen molar-refractivity contribution in [1.82, 2.24) is 0 Å². The van der Waals surface area contributed by atoms with Crippen LogP contribution in [-0.4, -0.2) is 16.1 Å². The lowest BCUT2D eigenvalue weighted by Gasteiger charge is -1.95. The van der Waals surface area contributed by atoms with Crippen molar-refractivity contribution in [3.63, 3.8) is 0 Å². The summed E-state index contributed by atoms with van der Waals surface area (Å²) in [6.07, 6.45) is 0.815. The van der Waals surface area contributed by atoms with E-state index in [4.69, 9.17) is 16.0 Å². The molecule has 0 radical (unpaired) electrons. The highest BCUT2D eigenvalue weighted by Gasteiger charge is 2.04. The number of hydrogen-bond donors (Lipinski definition) is 3. The molecule has 1 aromatic heterocycles. The topological polar surface area (TPSA) is 109 Å². The number of rotatable bonds is 1. The molecule has 0 unspecified atom stereocenters. The fraction of sp³-hybridized carbons (Fsp3) is 0. The molecule has 0 aromatic carbocycles. The molecule has 0 fully saturated rings. The summed E-state index contributed by atoms with van der Waals surface area (Å²) >= 11 is 0. The van der Waals surface area contributed by atoms with Crippen LogP contribution in [0, 0.1) is 0 Å². The summed E-state index contributed by atoms with van der Waals surface area (Å²) in [6, 6.07) is 0.921. The fourth-order valence-corrected chi connectivity index (χ4v) is 0.588. The van der Waals surface area contributed by atoms with Crippen molar-refractivity contribution >= 4 is 5.84 Å². The van der Waals surface area contributed by atoms with Crippen molar-refractivity contribution in [2.75, 3.05) is 0 Å². The number of oxime groups is 1. The number of hydrogen-bond acceptors (Lipinski definition) is 5. The molecule has 0 aliphatic carbocycles. The Balaban J connectivity index is 3.23. The van der Waals surface area contributed by atoms with Crippen molar-refractivity contribution in [1.29, 1.82) is 0 Å². The lowest BCUT2D eigenvalue weighted by molar-refractivity contribution is 0.316. The standard InChI is InChI=1S/C6H6N2O4/c7-6(8-11)5-1-3(9)4(10)2-12-5/h1-2,10-11H,(H2,7,8). The first-order chi connectivity index (χ1) is 5.65. The SMILES string of the molecule is N/C(=N/O)c1cc(=O)c(O)co1. The van der Waals surface area contributed by atoms with Crippen LogP contribution in [-0.2, 0) is 0 Å².